The first-order chi connectivity index (χ1) is 11.0. The van der Waals surface area contributed by atoms with Crippen LogP contribution in [0.5, 0.6) is 0 Å². The monoisotopic (exact) mass is 357 g/mol. The highest BCUT2D eigenvalue weighted by molar-refractivity contribution is 5.80. The Kier molecular flexibility index (Phi) is 7.01. The summed E-state index contributed by atoms with van der Waals surface area (Å²) in [7, 11) is 0. The van der Waals surface area contributed by atoms with E-state index in [1.54, 1.807) is 0 Å². The molecule has 1 saturated heterocycles. The van der Waals surface area contributed by atoms with Gasteiger partial charge in [-0.3, -0.25) is 4.79 Å². The van der Waals surface area contributed by atoms with E-state index in [0.29, 0.717) is 0 Å². The second-order valence-electron chi connectivity index (χ2n) is 5.64. The molecule has 1 rings (SSSR count). The van der Waals surface area contributed by atoms with Gasteiger partial charge in [0.05, 0.1) is 13.2 Å². The van der Waals surface area contributed by atoms with Gasteiger partial charge in [-0.15, -0.1) is 0 Å². The molecule has 0 aromatic heterocycles. The van der Waals surface area contributed by atoms with E-state index in [0.717, 1.165) is 0 Å². The van der Waals surface area contributed by atoms with Crippen molar-refractivity contribution in [2.75, 3.05) is 13.2 Å². The number of primary amides is 1. The van der Waals surface area contributed by atoms with E-state index in [4.69, 9.17) is 20.7 Å². The first kappa shape index (κ1) is 21.1. The van der Waals surface area contributed by atoms with Crippen LogP contribution < -0.4 is 5.73 Å². The molecule has 1 unspecified atom stereocenters. The SMILES string of the molecule is NC(=O)[C@H](O)[C@](O)(C1O[C@H](CO)[C@H](O)[C@H](O)[C@H]1O)[C@H](O)[C@H](O)CO. The van der Waals surface area contributed by atoms with Gasteiger partial charge >= 0.3 is 0 Å². The Hall–Kier alpha value is -0.930. The van der Waals surface area contributed by atoms with E-state index in [2.05, 4.69) is 0 Å². The lowest BCUT2D eigenvalue weighted by molar-refractivity contribution is -0.306. The van der Waals surface area contributed by atoms with Crippen molar-refractivity contribution < 1.29 is 55.5 Å². The van der Waals surface area contributed by atoms with Gasteiger partial charge in [0.25, 0.3) is 0 Å². The summed E-state index contributed by atoms with van der Waals surface area (Å²) in [4.78, 5) is 11.3. The van der Waals surface area contributed by atoms with E-state index >= 15 is 0 Å². The molecule has 0 saturated carbocycles. The summed E-state index contributed by atoms with van der Waals surface area (Å²) in [6, 6.07) is 0. The third-order valence-electron chi connectivity index (χ3n) is 4.08. The fourth-order valence-corrected chi connectivity index (χ4v) is 2.61. The number of hydrogen-bond acceptors (Lipinski definition) is 11. The third kappa shape index (κ3) is 3.52. The maximum absolute atomic E-state index is 11.3. The van der Waals surface area contributed by atoms with Gasteiger partial charge in [0.1, 0.15) is 42.7 Å². The van der Waals surface area contributed by atoms with Crippen LogP contribution in [0.1, 0.15) is 0 Å². The van der Waals surface area contributed by atoms with Crippen molar-refractivity contribution in [1.29, 1.82) is 0 Å². The van der Waals surface area contributed by atoms with Crippen LogP contribution in [0, 0.1) is 0 Å². The Morgan fingerprint density at radius 3 is 2.04 bits per heavy atom. The Labute approximate surface area is 136 Å². The molecule has 0 aromatic rings. The molecule has 0 spiro atoms. The smallest absolute Gasteiger partial charge is 0.249 e. The molecule has 0 aliphatic carbocycles. The number of amides is 1. The molecule has 12 heteroatoms. The first-order valence-corrected chi connectivity index (χ1v) is 7.01. The number of aliphatic hydroxyl groups is 9. The minimum Gasteiger partial charge on any atom is -0.394 e. The zero-order valence-corrected chi connectivity index (χ0v) is 12.5. The molecule has 0 bridgehead atoms. The molecule has 0 radical (unpaired) electrons. The van der Waals surface area contributed by atoms with Crippen LogP contribution >= 0.6 is 0 Å². The predicted octanol–water partition coefficient (Wildman–Crippen LogP) is -6.88. The number of hydrogen-bond donors (Lipinski definition) is 10. The summed E-state index contributed by atoms with van der Waals surface area (Å²) in [5.74, 6) is -1.57. The van der Waals surface area contributed by atoms with Crippen molar-refractivity contribution in [3.63, 3.8) is 0 Å². The van der Waals surface area contributed by atoms with E-state index in [9.17, 15) is 40.5 Å². The van der Waals surface area contributed by atoms with E-state index in [1.165, 1.54) is 0 Å². The topological polar surface area (TPSA) is 234 Å². The average Bonchev–Trinajstić information content (AvgIpc) is 2.57. The maximum atomic E-state index is 11.3. The van der Waals surface area contributed by atoms with Crippen molar-refractivity contribution in [3.05, 3.63) is 0 Å². The quantitative estimate of drug-likeness (QED) is 0.205. The number of rotatable bonds is 7. The zero-order valence-electron chi connectivity index (χ0n) is 12.5. The van der Waals surface area contributed by atoms with Gasteiger partial charge in [0.2, 0.25) is 5.91 Å². The molecule has 9 atom stereocenters. The highest BCUT2D eigenvalue weighted by Gasteiger charge is 2.61. The second kappa shape index (κ2) is 7.97. The highest BCUT2D eigenvalue weighted by atomic mass is 16.6. The van der Waals surface area contributed by atoms with E-state index in [1.807, 2.05) is 0 Å². The van der Waals surface area contributed by atoms with Crippen molar-refractivity contribution >= 4 is 5.91 Å². The molecular formula is C12H23NO11. The molecule has 1 fully saturated rings. The molecule has 1 aliphatic rings. The van der Waals surface area contributed by atoms with Crippen molar-refractivity contribution in [1.82, 2.24) is 0 Å². The standard InChI is InChI=1S/C12H23NO11/c13-11(22)9(21)12(23,8(20)3(16)1-14)10-7(19)6(18)5(17)4(2-15)24-10/h3-10,14-21,23H,1-2H2,(H2,13,22)/t3-,4-,5+,6+,7-,8-,9+,10?,12+/m1/s1. The van der Waals surface area contributed by atoms with Crippen LogP contribution in [-0.2, 0) is 9.53 Å². The van der Waals surface area contributed by atoms with E-state index < -0.39 is 73.6 Å². The zero-order chi connectivity index (χ0) is 18.8. The predicted molar refractivity (Wildman–Crippen MR) is 73.0 cm³/mol. The number of nitrogens with two attached hydrogens (primary N) is 1. The lowest BCUT2D eigenvalue weighted by atomic mass is 9.76. The summed E-state index contributed by atoms with van der Waals surface area (Å²) >= 11 is 0. The normalized spacial score (nSPS) is 37.3. The van der Waals surface area contributed by atoms with E-state index in [-0.39, 0.29) is 0 Å². The molecule has 11 N–H and O–H groups in total. The van der Waals surface area contributed by atoms with Crippen molar-refractivity contribution in [2.45, 2.75) is 54.4 Å². The second-order valence-corrected chi connectivity index (χ2v) is 5.64. The molecule has 142 valence electrons. The van der Waals surface area contributed by atoms with Gasteiger partial charge in [-0.05, 0) is 0 Å². The van der Waals surface area contributed by atoms with Crippen LogP contribution in [0.4, 0.5) is 0 Å². The van der Waals surface area contributed by atoms with Crippen LogP contribution in [-0.4, -0.2) is 120 Å². The summed E-state index contributed by atoms with van der Waals surface area (Å²) in [6.45, 7) is -1.99. The third-order valence-corrected chi connectivity index (χ3v) is 4.08. The summed E-state index contributed by atoms with van der Waals surface area (Å²) in [5.41, 5.74) is 1.70. The van der Waals surface area contributed by atoms with Crippen LogP contribution in [0.2, 0.25) is 0 Å². The molecule has 1 amide bonds. The van der Waals surface area contributed by atoms with Crippen LogP contribution in [0.25, 0.3) is 0 Å². The molecule has 0 aromatic carbocycles. The molecule has 1 aliphatic heterocycles. The Morgan fingerprint density at radius 2 is 1.62 bits per heavy atom. The number of carbonyl (C=O) groups excluding carboxylic acids is 1. The highest BCUT2D eigenvalue weighted by Crippen LogP contribution is 2.34. The number of carbonyl (C=O) groups is 1. The van der Waals surface area contributed by atoms with Gasteiger partial charge in [0.15, 0.2) is 11.7 Å². The molecule has 12 nitrogen and oxygen atoms in total. The average molecular weight is 357 g/mol. The lowest BCUT2D eigenvalue weighted by Crippen LogP contribution is -2.74. The number of ether oxygens (including phenoxy) is 1. The van der Waals surface area contributed by atoms with Gasteiger partial charge in [-0.1, -0.05) is 0 Å². The Balaban J connectivity index is 3.34. The molecule has 1 heterocycles. The van der Waals surface area contributed by atoms with Crippen molar-refractivity contribution in [3.8, 4) is 0 Å². The van der Waals surface area contributed by atoms with Gasteiger partial charge < -0.3 is 56.4 Å². The summed E-state index contributed by atoms with van der Waals surface area (Å²) < 4.78 is 5.00. The summed E-state index contributed by atoms with van der Waals surface area (Å²) in [5, 5.41) is 87.5. The first-order valence-electron chi connectivity index (χ1n) is 7.01. The van der Waals surface area contributed by atoms with Gasteiger partial charge in [-0.25, -0.2) is 0 Å². The number of aliphatic hydroxyl groups excluding tert-OH is 8. The molecule has 24 heavy (non-hydrogen) atoms. The van der Waals surface area contributed by atoms with Crippen LogP contribution in [0.15, 0.2) is 0 Å². The maximum Gasteiger partial charge on any atom is 0.249 e. The van der Waals surface area contributed by atoms with Crippen LogP contribution in [0.3, 0.4) is 0 Å². The molecular weight excluding hydrogens is 334 g/mol. The van der Waals surface area contributed by atoms with Crippen molar-refractivity contribution in [2.24, 2.45) is 5.73 Å². The largest absolute Gasteiger partial charge is 0.394 e. The van der Waals surface area contributed by atoms with Gasteiger partial charge in [0, 0.05) is 0 Å². The fourth-order valence-electron chi connectivity index (χ4n) is 2.61. The fraction of sp³-hybridized carbons (Fsp3) is 0.917. The Bertz CT molecular complexity index is 435. The summed E-state index contributed by atoms with van der Waals surface area (Å²) in [6.07, 6.45) is -16.8. The van der Waals surface area contributed by atoms with Gasteiger partial charge in [-0.2, -0.15) is 0 Å². The lowest BCUT2D eigenvalue weighted by Gasteiger charge is -2.49. The minimum atomic E-state index is -3.18. The minimum absolute atomic E-state index is 0.886. The Morgan fingerprint density at radius 1 is 1.08 bits per heavy atom.